The van der Waals surface area contributed by atoms with Crippen LogP contribution in [0.3, 0.4) is 0 Å². The lowest BCUT2D eigenvalue weighted by molar-refractivity contribution is -0.385. The van der Waals surface area contributed by atoms with E-state index >= 15 is 0 Å². The van der Waals surface area contributed by atoms with Gasteiger partial charge >= 0.3 is 0 Å². The average molecular weight is 365 g/mol. The Labute approximate surface area is 130 Å². The Hall–Kier alpha value is -0.850. The van der Waals surface area contributed by atoms with Gasteiger partial charge in [0.05, 0.1) is 16.0 Å². The smallest absolute Gasteiger partial charge is 0.273 e. The molecule has 1 aromatic carbocycles. The molecular weight excluding hydrogens is 350 g/mol. The monoisotopic (exact) mass is 363 g/mol. The minimum atomic E-state index is -0.470. The topological polar surface area (TPSA) is 61.6 Å². The standard InChI is InChI=1S/C13H15BrClNO4/c1-2-5-19-13-9(14)7-12(13)20-11-6-8(16(17)18)3-4-10(11)15/h3-4,6,9,12-13H,2,5,7H2,1H3. The zero-order chi connectivity index (χ0) is 14.7. The number of nitrogens with zero attached hydrogens (tertiary/aromatic N) is 1. The third-order valence-electron chi connectivity index (χ3n) is 3.10. The molecular formula is C13H15BrClNO4. The van der Waals surface area contributed by atoms with E-state index in [9.17, 15) is 10.1 Å². The maximum absolute atomic E-state index is 10.8. The summed E-state index contributed by atoms with van der Waals surface area (Å²) in [6, 6.07) is 4.18. The molecule has 110 valence electrons. The second-order valence-corrected chi connectivity index (χ2v) is 6.20. The summed E-state index contributed by atoms with van der Waals surface area (Å²) in [5.41, 5.74) is -0.0369. The first-order valence-electron chi connectivity index (χ1n) is 6.39. The predicted molar refractivity (Wildman–Crippen MR) is 79.9 cm³/mol. The van der Waals surface area contributed by atoms with E-state index in [1.807, 2.05) is 6.92 Å². The number of rotatable bonds is 6. The molecule has 2 rings (SSSR count). The minimum absolute atomic E-state index is 0.0369. The molecule has 1 saturated carbocycles. The minimum Gasteiger partial charge on any atom is -0.486 e. The molecule has 0 radical (unpaired) electrons. The summed E-state index contributed by atoms with van der Waals surface area (Å²) >= 11 is 9.53. The van der Waals surface area contributed by atoms with Crippen molar-refractivity contribution in [1.29, 1.82) is 0 Å². The van der Waals surface area contributed by atoms with Crippen molar-refractivity contribution in [2.45, 2.75) is 36.8 Å². The molecule has 1 aliphatic rings. The van der Waals surface area contributed by atoms with Crippen LogP contribution in [0.2, 0.25) is 5.02 Å². The SMILES string of the molecule is CCCOC1C(Br)CC1Oc1cc([N+](=O)[O-])ccc1Cl. The fourth-order valence-electron chi connectivity index (χ4n) is 1.97. The van der Waals surface area contributed by atoms with E-state index in [-0.39, 0.29) is 22.7 Å². The van der Waals surface area contributed by atoms with Crippen LogP contribution in [0.1, 0.15) is 19.8 Å². The van der Waals surface area contributed by atoms with Crippen LogP contribution in [0.25, 0.3) is 0 Å². The number of halogens is 2. The number of nitro benzene ring substituents is 1. The second-order valence-electron chi connectivity index (χ2n) is 4.62. The summed E-state index contributed by atoms with van der Waals surface area (Å²) in [6.45, 7) is 2.70. The van der Waals surface area contributed by atoms with E-state index in [1.54, 1.807) is 0 Å². The Morgan fingerprint density at radius 3 is 2.90 bits per heavy atom. The second kappa shape index (κ2) is 6.74. The molecule has 0 N–H and O–H groups in total. The fourth-order valence-corrected chi connectivity index (χ4v) is 2.99. The highest BCUT2D eigenvalue weighted by molar-refractivity contribution is 9.09. The van der Waals surface area contributed by atoms with Gasteiger partial charge in [0.2, 0.25) is 0 Å². The predicted octanol–water partition coefficient (Wildman–Crippen LogP) is 3.96. The molecule has 1 fully saturated rings. The lowest BCUT2D eigenvalue weighted by atomic mass is 9.91. The number of nitro groups is 1. The maximum Gasteiger partial charge on any atom is 0.273 e. The van der Waals surface area contributed by atoms with E-state index in [0.717, 1.165) is 12.8 Å². The molecule has 3 atom stereocenters. The van der Waals surface area contributed by atoms with Gasteiger partial charge in [-0.15, -0.1) is 0 Å². The summed E-state index contributed by atoms with van der Waals surface area (Å²) < 4.78 is 11.5. The molecule has 1 aromatic rings. The number of hydrogen-bond donors (Lipinski definition) is 0. The van der Waals surface area contributed by atoms with Gasteiger partial charge in [0.25, 0.3) is 5.69 Å². The quantitative estimate of drug-likeness (QED) is 0.435. The van der Waals surface area contributed by atoms with Crippen molar-refractivity contribution in [3.05, 3.63) is 33.3 Å². The summed E-state index contributed by atoms with van der Waals surface area (Å²) in [5.74, 6) is 0.329. The van der Waals surface area contributed by atoms with Crippen molar-refractivity contribution in [1.82, 2.24) is 0 Å². The van der Waals surface area contributed by atoms with Gasteiger partial charge < -0.3 is 9.47 Å². The lowest BCUT2D eigenvalue weighted by Gasteiger charge is -2.41. The van der Waals surface area contributed by atoms with Gasteiger partial charge in [0.1, 0.15) is 18.0 Å². The van der Waals surface area contributed by atoms with E-state index in [2.05, 4.69) is 15.9 Å². The lowest BCUT2D eigenvalue weighted by Crippen LogP contribution is -2.52. The number of ether oxygens (including phenoxy) is 2. The normalized spacial score (nSPS) is 25.1. The van der Waals surface area contributed by atoms with Crippen molar-refractivity contribution in [2.24, 2.45) is 0 Å². The molecule has 0 saturated heterocycles. The molecule has 0 heterocycles. The molecule has 0 amide bonds. The van der Waals surface area contributed by atoms with E-state index in [1.165, 1.54) is 18.2 Å². The Bertz CT molecular complexity index is 499. The Morgan fingerprint density at radius 2 is 2.30 bits per heavy atom. The zero-order valence-electron chi connectivity index (χ0n) is 10.9. The van der Waals surface area contributed by atoms with Crippen molar-refractivity contribution >= 4 is 33.2 Å². The molecule has 1 aliphatic carbocycles. The van der Waals surface area contributed by atoms with Crippen LogP contribution in [-0.4, -0.2) is 28.6 Å². The van der Waals surface area contributed by atoms with Crippen molar-refractivity contribution < 1.29 is 14.4 Å². The van der Waals surface area contributed by atoms with Gasteiger partial charge in [0.15, 0.2) is 0 Å². The number of non-ortho nitro benzene ring substituents is 1. The van der Waals surface area contributed by atoms with Gasteiger partial charge in [-0.05, 0) is 12.5 Å². The molecule has 0 spiro atoms. The van der Waals surface area contributed by atoms with Crippen molar-refractivity contribution in [3.8, 4) is 5.75 Å². The van der Waals surface area contributed by atoms with E-state index in [4.69, 9.17) is 21.1 Å². The summed E-state index contributed by atoms with van der Waals surface area (Å²) in [4.78, 5) is 10.5. The average Bonchev–Trinajstić information content (AvgIpc) is 2.40. The van der Waals surface area contributed by atoms with Crippen LogP contribution in [-0.2, 0) is 4.74 Å². The molecule has 7 heteroatoms. The van der Waals surface area contributed by atoms with Gasteiger partial charge in [-0.3, -0.25) is 10.1 Å². The first-order chi connectivity index (χ1) is 9.52. The van der Waals surface area contributed by atoms with Crippen LogP contribution >= 0.6 is 27.5 Å². The maximum atomic E-state index is 10.8. The fraction of sp³-hybridized carbons (Fsp3) is 0.538. The van der Waals surface area contributed by atoms with Gasteiger partial charge in [0, 0.05) is 23.9 Å². The summed E-state index contributed by atoms with van der Waals surface area (Å²) in [6.07, 6.45) is 1.53. The number of benzene rings is 1. The van der Waals surface area contributed by atoms with Crippen LogP contribution in [0, 0.1) is 10.1 Å². The Kier molecular flexibility index (Phi) is 5.23. The largest absolute Gasteiger partial charge is 0.486 e. The molecule has 5 nitrogen and oxygen atoms in total. The Morgan fingerprint density at radius 1 is 1.55 bits per heavy atom. The van der Waals surface area contributed by atoms with Crippen LogP contribution in [0.4, 0.5) is 5.69 Å². The zero-order valence-corrected chi connectivity index (χ0v) is 13.3. The highest BCUT2D eigenvalue weighted by Gasteiger charge is 2.42. The van der Waals surface area contributed by atoms with Crippen LogP contribution in [0.15, 0.2) is 18.2 Å². The summed E-state index contributed by atoms with van der Waals surface area (Å²) in [5, 5.41) is 11.1. The van der Waals surface area contributed by atoms with Gasteiger partial charge in [-0.2, -0.15) is 0 Å². The third-order valence-corrected chi connectivity index (χ3v) is 4.31. The number of hydrogen-bond acceptors (Lipinski definition) is 4. The molecule has 3 unspecified atom stereocenters. The molecule has 0 bridgehead atoms. The third kappa shape index (κ3) is 3.42. The van der Waals surface area contributed by atoms with Crippen LogP contribution < -0.4 is 4.74 Å². The summed E-state index contributed by atoms with van der Waals surface area (Å²) in [7, 11) is 0. The van der Waals surface area contributed by atoms with Gasteiger partial charge in [-0.25, -0.2) is 0 Å². The number of alkyl halides is 1. The molecule has 0 aliphatic heterocycles. The molecule has 20 heavy (non-hydrogen) atoms. The highest BCUT2D eigenvalue weighted by Crippen LogP contribution is 2.37. The van der Waals surface area contributed by atoms with Crippen LogP contribution in [0.5, 0.6) is 5.75 Å². The first kappa shape index (κ1) is 15.5. The van der Waals surface area contributed by atoms with Crippen molar-refractivity contribution in [3.63, 3.8) is 0 Å². The Balaban J connectivity index is 2.06. The highest BCUT2D eigenvalue weighted by atomic mass is 79.9. The van der Waals surface area contributed by atoms with E-state index < -0.39 is 4.92 Å². The van der Waals surface area contributed by atoms with E-state index in [0.29, 0.717) is 17.4 Å². The molecule has 0 aromatic heterocycles. The van der Waals surface area contributed by atoms with Crippen molar-refractivity contribution in [2.75, 3.05) is 6.61 Å². The first-order valence-corrected chi connectivity index (χ1v) is 7.68. The van der Waals surface area contributed by atoms with Gasteiger partial charge in [-0.1, -0.05) is 34.5 Å².